The summed E-state index contributed by atoms with van der Waals surface area (Å²) in [5.74, 6) is -3.58. The van der Waals surface area contributed by atoms with Crippen molar-refractivity contribution < 1.29 is 33.7 Å². The van der Waals surface area contributed by atoms with Gasteiger partial charge in [0.05, 0.1) is 34.6 Å². The van der Waals surface area contributed by atoms with Crippen LogP contribution in [0.1, 0.15) is 16.8 Å². The highest BCUT2D eigenvalue weighted by molar-refractivity contribution is 8.01. The topological polar surface area (TPSA) is 217 Å². The van der Waals surface area contributed by atoms with Crippen LogP contribution in [0.5, 0.6) is 0 Å². The molecule has 16 heteroatoms. The normalized spacial score (nSPS) is 19.3. The van der Waals surface area contributed by atoms with Gasteiger partial charge in [0.25, 0.3) is 11.9 Å². The van der Waals surface area contributed by atoms with Gasteiger partial charge in [-0.15, -0.1) is 16.9 Å². The largest absolute Gasteiger partial charge is 0.543 e. The van der Waals surface area contributed by atoms with Crippen molar-refractivity contribution in [2.24, 2.45) is 10.9 Å². The molecule has 5 N–H and O–H groups in total. The minimum absolute atomic E-state index is 0.0655. The number of β-lactam (4-membered cyclic amide) rings is 1. The quantitative estimate of drug-likeness (QED) is 0.145. The summed E-state index contributed by atoms with van der Waals surface area (Å²) in [6.07, 6.45) is 3.96. The van der Waals surface area contributed by atoms with Crippen LogP contribution >= 0.6 is 11.8 Å². The Balaban J connectivity index is 1.84. The molecule has 4 heterocycles. The molecular weight excluding hydrogens is 482 g/mol. The van der Waals surface area contributed by atoms with Crippen molar-refractivity contribution in [3.05, 3.63) is 41.4 Å². The summed E-state index contributed by atoms with van der Waals surface area (Å²) in [4.78, 5) is 59.9. The van der Waals surface area contributed by atoms with Crippen molar-refractivity contribution in [2.45, 2.75) is 23.7 Å². The standard InChI is InChI=1S/C19H19N9O6S/c1-34-22-7-12(30)28(19-23-18(21)24-25-19)16-10(8-26-4-2-9(3-5-26)15(20)31)14(17(32)33)27-11(29)6-13(27)35-16/h2-5,7,13,16,21H,6,8,20H2,1H3,(H2,31,32,33)/t13-,16?/m0/s1. The summed E-state index contributed by atoms with van der Waals surface area (Å²) >= 11 is 1.15. The van der Waals surface area contributed by atoms with Gasteiger partial charge < -0.3 is 26.2 Å². The smallest absolute Gasteiger partial charge is 0.276 e. The SMILES string of the molecule is CON=CC(=O)N(c1n[nH]c(N)n1)C1S[C@H]2CC(=O)N2C(C(=O)[O-])=C1C[n+]1ccc(C(N)=O)cc1. The number of amides is 3. The number of carboxylic acids is 1. The van der Waals surface area contributed by atoms with E-state index in [9.17, 15) is 24.3 Å². The fraction of sp³-hybridized carbons (Fsp3) is 0.263. The molecule has 35 heavy (non-hydrogen) atoms. The van der Waals surface area contributed by atoms with Gasteiger partial charge in [-0.2, -0.15) is 4.98 Å². The molecule has 15 nitrogen and oxygen atoms in total. The molecule has 2 aliphatic rings. The second kappa shape index (κ2) is 9.41. The van der Waals surface area contributed by atoms with Crippen molar-refractivity contribution in [3.63, 3.8) is 0 Å². The zero-order valence-electron chi connectivity index (χ0n) is 18.2. The van der Waals surface area contributed by atoms with Gasteiger partial charge in [-0.1, -0.05) is 5.16 Å². The maximum absolute atomic E-state index is 13.1. The predicted molar refractivity (Wildman–Crippen MR) is 118 cm³/mol. The monoisotopic (exact) mass is 501 g/mol. The van der Waals surface area contributed by atoms with Crippen LogP contribution in [0.3, 0.4) is 0 Å². The van der Waals surface area contributed by atoms with Crippen molar-refractivity contribution in [2.75, 3.05) is 17.7 Å². The number of thioether (sulfide) groups is 1. The van der Waals surface area contributed by atoms with Gasteiger partial charge in [-0.3, -0.25) is 24.2 Å². The number of nitrogens with one attached hydrogen (secondary N) is 1. The van der Waals surface area contributed by atoms with Crippen molar-refractivity contribution in [3.8, 4) is 0 Å². The summed E-state index contributed by atoms with van der Waals surface area (Å²) in [5, 5.41) is 20.5. The van der Waals surface area contributed by atoms with Gasteiger partial charge in [0, 0.05) is 12.1 Å². The van der Waals surface area contributed by atoms with E-state index >= 15 is 0 Å². The van der Waals surface area contributed by atoms with Crippen LogP contribution in [0.15, 0.2) is 41.0 Å². The summed E-state index contributed by atoms with van der Waals surface area (Å²) < 4.78 is 1.56. The lowest BCUT2D eigenvalue weighted by atomic mass is 10.1. The molecule has 2 atom stereocenters. The van der Waals surface area contributed by atoms with E-state index in [4.69, 9.17) is 11.5 Å². The number of hydrogen-bond acceptors (Lipinski definition) is 11. The molecule has 0 aromatic carbocycles. The number of nitrogen functional groups attached to an aromatic ring is 1. The average molecular weight is 501 g/mol. The number of rotatable bonds is 8. The number of aromatic nitrogens is 4. The van der Waals surface area contributed by atoms with Crippen molar-refractivity contribution >= 4 is 53.6 Å². The predicted octanol–water partition coefficient (Wildman–Crippen LogP) is -2.93. The highest BCUT2D eigenvalue weighted by Crippen LogP contribution is 2.45. The molecule has 3 amide bonds. The third kappa shape index (κ3) is 4.50. The second-order valence-corrected chi connectivity index (χ2v) is 8.60. The number of hydrogen-bond donors (Lipinski definition) is 3. The number of nitrogens with zero attached hydrogens (tertiary/aromatic N) is 6. The fourth-order valence-electron chi connectivity index (χ4n) is 3.64. The van der Waals surface area contributed by atoms with Crippen LogP contribution in [-0.4, -0.2) is 67.8 Å². The molecule has 0 aliphatic carbocycles. The van der Waals surface area contributed by atoms with Gasteiger partial charge in [0.1, 0.15) is 18.7 Å². The lowest BCUT2D eigenvalue weighted by molar-refractivity contribution is -0.689. The molecule has 4 rings (SSSR count). The highest BCUT2D eigenvalue weighted by Gasteiger charge is 2.50. The van der Waals surface area contributed by atoms with E-state index in [1.165, 1.54) is 31.6 Å². The Labute approximate surface area is 201 Å². The zero-order chi connectivity index (χ0) is 25.3. The molecule has 0 bridgehead atoms. The van der Waals surface area contributed by atoms with Crippen LogP contribution in [0.2, 0.25) is 0 Å². The summed E-state index contributed by atoms with van der Waals surface area (Å²) in [5.41, 5.74) is 10.9. The summed E-state index contributed by atoms with van der Waals surface area (Å²) in [6, 6.07) is 2.91. The van der Waals surface area contributed by atoms with Crippen molar-refractivity contribution in [1.82, 2.24) is 20.1 Å². The number of anilines is 2. The minimum atomic E-state index is -1.59. The number of fused-ring (bicyclic) bond motifs is 1. The van der Waals surface area contributed by atoms with Crippen LogP contribution < -0.4 is 26.0 Å². The highest BCUT2D eigenvalue weighted by atomic mass is 32.2. The fourth-order valence-corrected chi connectivity index (χ4v) is 5.19. The number of carboxylic acid groups (broad SMARTS) is 1. The first-order valence-electron chi connectivity index (χ1n) is 9.99. The van der Waals surface area contributed by atoms with E-state index in [1.54, 1.807) is 4.57 Å². The Morgan fingerprint density at radius 1 is 1.43 bits per heavy atom. The number of aromatic amines is 1. The Bertz CT molecular complexity index is 1260. The molecule has 2 aromatic heterocycles. The Hall–Kier alpha value is -4.47. The number of pyridine rings is 1. The van der Waals surface area contributed by atoms with Crippen LogP contribution in [0.4, 0.5) is 11.9 Å². The van der Waals surface area contributed by atoms with E-state index in [-0.39, 0.29) is 41.7 Å². The Morgan fingerprint density at radius 3 is 2.69 bits per heavy atom. The lowest BCUT2D eigenvalue weighted by Gasteiger charge is -2.49. The van der Waals surface area contributed by atoms with Gasteiger partial charge >= 0.3 is 0 Å². The third-order valence-electron chi connectivity index (χ3n) is 5.20. The number of H-pyrrole nitrogens is 1. The molecule has 0 spiro atoms. The van der Waals surface area contributed by atoms with Gasteiger partial charge in [-0.25, -0.2) is 9.67 Å². The molecular formula is C19H19N9O6S. The lowest BCUT2D eigenvalue weighted by Crippen LogP contribution is -2.60. The first-order chi connectivity index (χ1) is 16.7. The summed E-state index contributed by atoms with van der Waals surface area (Å²) in [6.45, 7) is -0.0956. The number of oxime groups is 1. The first-order valence-corrected chi connectivity index (χ1v) is 10.9. The molecule has 1 unspecified atom stereocenters. The molecule has 2 aliphatic heterocycles. The molecule has 1 saturated heterocycles. The van der Waals surface area contributed by atoms with Crippen LogP contribution in [0, 0.1) is 0 Å². The molecule has 182 valence electrons. The number of primary amides is 1. The van der Waals surface area contributed by atoms with E-state index in [2.05, 4.69) is 25.2 Å². The van der Waals surface area contributed by atoms with Crippen LogP contribution in [0.25, 0.3) is 0 Å². The van der Waals surface area contributed by atoms with Gasteiger partial charge in [0.15, 0.2) is 18.9 Å². The van der Waals surface area contributed by atoms with E-state index < -0.39 is 34.4 Å². The minimum Gasteiger partial charge on any atom is -0.543 e. The number of carbonyl (C=O) groups is 4. The van der Waals surface area contributed by atoms with Gasteiger partial charge in [0.2, 0.25) is 17.8 Å². The first kappa shape index (κ1) is 23.7. The molecule has 1 fully saturated rings. The van der Waals surface area contributed by atoms with Gasteiger partial charge in [-0.05, 0) is 0 Å². The summed E-state index contributed by atoms with van der Waals surface area (Å²) in [7, 11) is 1.25. The number of aliphatic carboxylic acids is 1. The second-order valence-electron chi connectivity index (χ2n) is 7.34. The number of nitrogens with two attached hydrogens (primary N) is 2. The third-order valence-corrected chi connectivity index (χ3v) is 6.65. The maximum Gasteiger partial charge on any atom is 0.276 e. The Kier molecular flexibility index (Phi) is 6.37. The molecule has 2 aromatic rings. The average Bonchev–Trinajstić information content (AvgIpc) is 3.24. The molecule has 0 radical (unpaired) electrons. The molecule has 0 saturated carbocycles. The van der Waals surface area contributed by atoms with Crippen molar-refractivity contribution in [1.29, 1.82) is 0 Å². The maximum atomic E-state index is 13.1. The zero-order valence-corrected chi connectivity index (χ0v) is 19.0. The van der Waals surface area contributed by atoms with Crippen LogP contribution in [-0.2, 0) is 25.8 Å². The van der Waals surface area contributed by atoms with E-state index in [1.807, 2.05) is 0 Å². The van der Waals surface area contributed by atoms with E-state index in [0.717, 1.165) is 27.8 Å². The Morgan fingerprint density at radius 2 is 2.14 bits per heavy atom. The van der Waals surface area contributed by atoms with E-state index in [0.29, 0.717) is 0 Å². The number of carbonyl (C=O) groups excluding carboxylic acids is 4.